The number of rotatable bonds is 2. The van der Waals surface area contributed by atoms with Crippen LogP contribution in [0, 0.1) is 5.82 Å². The second kappa shape index (κ2) is 5.68. The predicted molar refractivity (Wildman–Crippen MR) is 73.3 cm³/mol. The van der Waals surface area contributed by atoms with E-state index in [1.54, 1.807) is 12.4 Å². The van der Waals surface area contributed by atoms with Crippen molar-refractivity contribution in [1.82, 2.24) is 15.0 Å². The van der Waals surface area contributed by atoms with Gasteiger partial charge in [-0.2, -0.15) is 0 Å². The summed E-state index contributed by atoms with van der Waals surface area (Å²) in [5.74, 6) is 0.304. The minimum Gasteiger partial charge on any atom is -0.378 e. The van der Waals surface area contributed by atoms with Gasteiger partial charge < -0.3 is 9.64 Å². The topological polar surface area (TPSA) is 51.1 Å². The second-order valence-electron chi connectivity index (χ2n) is 4.35. The van der Waals surface area contributed by atoms with Crippen molar-refractivity contribution < 1.29 is 9.13 Å². The van der Waals surface area contributed by atoms with E-state index < -0.39 is 5.82 Å². The van der Waals surface area contributed by atoms with Crippen LogP contribution < -0.4 is 4.90 Å². The number of morpholine rings is 1. The Morgan fingerprint density at radius 1 is 1.10 bits per heavy atom. The van der Waals surface area contributed by atoms with Crippen LogP contribution >= 0.6 is 11.6 Å². The van der Waals surface area contributed by atoms with E-state index in [0.717, 1.165) is 25.0 Å². The van der Waals surface area contributed by atoms with Gasteiger partial charge in [-0.25, -0.2) is 14.4 Å². The van der Waals surface area contributed by atoms with E-state index in [9.17, 15) is 4.39 Å². The Labute approximate surface area is 120 Å². The fourth-order valence-corrected chi connectivity index (χ4v) is 2.16. The third-order valence-electron chi connectivity index (χ3n) is 3.07. The van der Waals surface area contributed by atoms with Crippen molar-refractivity contribution >= 4 is 17.4 Å². The molecule has 1 aliphatic rings. The van der Waals surface area contributed by atoms with Gasteiger partial charge in [-0.1, -0.05) is 11.6 Å². The molecule has 104 valence electrons. The number of halogens is 2. The fraction of sp³-hybridized carbons (Fsp3) is 0.308. The fourth-order valence-electron chi connectivity index (χ4n) is 2.01. The molecule has 0 aromatic carbocycles. The lowest BCUT2D eigenvalue weighted by Crippen LogP contribution is -2.36. The zero-order chi connectivity index (χ0) is 13.9. The monoisotopic (exact) mass is 294 g/mol. The number of ether oxygens (including phenoxy) is 1. The lowest BCUT2D eigenvalue weighted by atomic mass is 10.2. The van der Waals surface area contributed by atoms with E-state index in [4.69, 9.17) is 16.3 Å². The largest absolute Gasteiger partial charge is 0.378 e. The quantitative estimate of drug-likeness (QED) is 0.795. The third-order valence-corrected chi connectivity index (χ3v) is 3.28. The average Bonchev–Trinajstić information content (AvgIpc) is 2.48. The summed E-state index contributed by atoms with van der Waals surface area (Å²) in [6.07, 6.45) is 4.53. The lowest BCUT2D eigenvalue weighted by Gasteiger charge is -2.27. The molecule has 3 rings (SSSR count). The maximum absolute atomic E-state index is 13.8. The number of anilines is 1. The lowest BCUT2D eigenvalue weighted by molar-refractivity contribution is 0.122. The third kappa shape index (κ3) is 2.71. The molecule has 0 aliphatic carbocycles. The van der Waals surface area contributed by atoms with Gasteiger partial charge in [0.15, 0.2) is 0 Å². The molecule has 5 nitrogen and oxygen atoms in total. The van der Waals surface area contributed by atoms with Crippen LogP contribution in [0.25, 0.3) is 11.3 Å². The number of aromatic nitrogens is 3. The van der Waals surface area contributed by atoms with Crippen molar-refractivity contribution in [2.45, 2.75) is 0 Å². The van der Waals surface area contributed by atoms with Crippen LogP contribution in [-0.2, 0) is 4.74 Å². The van der Waals surface area contributed by atoms with Gasteiger partial charge in [0.25, 0.3) is 0 Å². The summed E-state index contributed by atoms with van der Waals surface area (Å²) in [7, 11) is 0. The molecule has 1 saturated heterocycles. The van der Waals surface area contributed by atoms with Crippen molar-refractivity contribution in [2.24, 2.45) is 0 Å². The minimum absolute atomic E-state index is 0.115. The van der Waals surface area contributed by atoms with Crippen molar-refractivity contribution in [3.05, 3.63) is 35.6 Å². The van der Waals surface area contributed by atoms with E-state index in [1.807, 2.05) is 0 Å². The highest BCUT2D eigenvalue weighted by Gasteiger charge is 2.14. The molecule has 2 aromatic heterocycles. The molecule has 3 heterocycles. The van der Waals surface area contributed by atoms with Gasteiger partial charge in [-0.05, 0) is 0 Å². The molecule has 0 spiro atoms. The SMILES string of the molecule is Fc1cc(Cl)ncc1-c1cnc(N2CCOCC2)cn1. The zero-order valence-corrected chi connectivity index (χ0v) is 11.3. The summed E-state index contributed by atoms with van der Waals surface area (Å²) in [5.41, 5.74) is 0.721. The number of hydrogen-bond acceptors (Lipinski definition) is 5. The molecule has 2 aromatic rings. The summed E-state index contributed by atoms with van der Waals surface area (Å²) >= 11 is 5.63. The Bertz CT molecular complexity index is 602. The molecular weight excluding hydrogens is 283 g/mol. The van der Waals surface area contributed by atoms with E-state index in [-0.39, 0.29) is 10.7 Å². The highest BCUT2D eigenvalue weighted by Crippen LogP contribution is 2.22. The van der Waals surface area contributed by atoms with E-state index >= 15 is 0 Å². The average molecular weight is 295 g/mol. The normalized spacial score (nSPS) is 15.4. The van der Waals surface area contributed by atoms with Crippen LogP contribution in [0.3, 0.4) is 0 Å². The van der Waals surface area contributed by atoms with Gasteiger partial charge in [0.05, 0.1) is 36.9 Å². The van der Waals surface area contributed by atoms with Crippen molar-refractivity contribution in [3.8, 4) is 11.3 Å². The molecule has 1 fully saturated rings. The van der Waals surface area contributed by atoms with Gasteiger partial charge >= 0.3 is 0 Å². The summed E-state index contributed by atoms with van der Waals surface area (Å²) in [5, 5.41) is 0.115. The van der Waals surface area contributed by atoms with E-state index in [1.165, 1.54) is 6.20 Å². The molecule has 7 heteroatoms. The van der Waals surface area contributed by atoms with Gasteiger partial charge in [0.2, 0.25) is 0 Å². The van der Waals surface area contributed by atoms with Crippen molar-refractivity contribution in [3.63, 3.8) is 0 Å². The molecule has 0 amide bonds. The molecule has 0 radical (unpaired) electrons. The summed E-state index contributed by atoms with van der Waals surface area (Å²) in [6.45, 7) is 2.92. The molecule has 1 aliphatic heterocycles. The van der Waals surface area contributed by atoms with Gasteiger partial charge in [0, 0.05) is 25.4 Å². The predicted octanol–water partition coefficient (Wildman–Crippen LogP) is 2.17. The van der Waals surface area contributed by atoms with Crippen LogP contribution in [0.5, 0.6) is 0 Å². The molecule has 0 atom stereocenters. The molecular formula is C13H12ClFN4O. The van der Waals surface area contributed by atoms with Gasteiger partial charge in [-0.3, -0.25) is 4.98 Å². The Morgan fingerprint density at radius 2 is 1.90 bits per heavy atom. The van der Waals surface area contributed by atoms with Crippen LogP contribution in [0.1, 0.15) is 0 Å². The summed E-state index contributed by atoms with van der Waals surface area (Å²) in [6, 6.07) is 1.16. The Hall–Kier alpha value is -1.79. The molecule has 0 saturated carbocycles. The highest BCUT2D eigenvalue weighted by atomic mass is 35.5. The molecule has 0 N–H and O–H groups in total. The molecule has 20 heavy (non-hydrogen) atoms. The minimum atomic E-state index is -0.460. The maximum Gasteiger partial charge on any atom is 0.147 e. The van der Waals surface area contributed by atoms with Crippen LogP contribution in [0.2, 0.25) is 5.15 Å². The Morgan fingerprint density at radius 3 is 2.55 bits per heavy atom. The van der Waals surface area contributed by atoms with Crippen molar-refractivity contribution in [1.29, 1.82) is 0 Å². The zero-order valence-electron chi connectivity index (χ0n) is 10.6. The highest BCUT2D eigenvalue weighted by molar-refractivity contribution is 6.29. The van der Waals surface area contributed by atoms with Gasteiger partial charge in [0.1, 0.15) is 16.8 Å². The van der Waals surface area contributed by atoms with Gasteiger partial charge in [-0.15, -0.1) is 0 Å². The number of hydrogen-bond donors (Lipinski definition) is 0. The van der Waals surface area contributed by atoms with Crippen molar-refractivity contribution in [2.75, 3.05) is 31.2 Å². The maximum atomic E-state index is 13.8. The summed E-state index contributed by atoms with van der Waals surface area (Å²) in [4.78, 5) is 14.5. The molecule has 0 unspecified atom stereocenters. The Kier molecular flexibility index (Phi) is 3.75. The first kappa shape index (κ1) is 13.2. The number of pyridine rings is 1. The van der Waals surface area contributed by atoms with Crippen LogP contribution in [-0.4, -0.2) is 41.3 Å². The summed E-state index contributed by atoms with van der Waals surface area (Å²) < 4.78 is 19.1. The first-order valence-electron chi connectivity index (χ1n) is 6.20. The smallest absolute Gasteiger partial charge is 0.147 e. The molecule has 0 bridgehead atoms. The van der Waals surface area contributed by atoms with Crippen LogP contribution in [0.4, 0.5) is 10.2 Å². The first-order valence-corrected chi connectivity index (χ1v) is 6.58. The second-order valence-corrected chi connectivity index (χ2v) is 4.73. The number of nitrogens with zero attached hydrogens (tertiary/aromatic N) is 4. The first-order chi connectivity index (χ1) is 9.74. The standard InChI is InChI=1S/C13H12ClFN4O/c14-12-5-10(15)9(6-17-12)11-7-18-13(8-16-11)19-1-3-20-4-2-19/h5-8H,1-4H2. The van der Waals surface area contributed by atoms with E-state index in [2.05, 4.69) is 19.9 Å². The van der Waals surface area contributed by atoms with E-state index in [0.29, 0.717) is 18.9 Å². The Balaban J connectivity index is 1.85. The van der Waals surface area contributed by atoms with Crippen LogP contribution in [0.15, 0.2) is 24.7 Å².